The molecule has 0 spiro atoms. The summed E-state index contributed by atoms with van der Waals surface area (Å²) in [5.41, 5.74) is -0.508. The summed E-state index contributed by atoms with van der Waals surface area (Å²) in [4.78, 5) is 13.5. The summed E-state index contributed by atoms with van der Waals surface area (Å²) in [5, 5.41) is -0.276. The van der Waals surface area contributed by atoms with Crippen LogP contribution in [0.1, 0.15) is 46.5 Å². The molecule has 1 aliphatic heterocycles. The second kappa shape index (κ2) is 5.54. The maximum absolute atomic E-state index is 12.2. The first kappa shape index (κ1) is 15.6. The molecule has 0 N–H and O–H groups in total. The molecule has 20 heavy (non-hydrogen) atoms. The van der Waals surface area contributed by atoms with Gasteiger partial charge >= 0.3 is 6.09 Å². The molecule has 2 aliphatic rings. The number of hydrogen-bond acceptors (Lipinski definition) is 4. The van der Waals surface area contributed by atoms with Gasteiger partial charge in [-0.2, -0.15) is 0 Å². The van der Waals surface area contributed by atoms with Crippen molar-refractivity contribution in [1.82, 2.24) is 4.90 Å². The highest BCUT2D eigenvalue weighted by Gasteiger charge is 2.36. The Bertz CT molecular complexity index is 454. The predicted molar refractivity (Wildman–Crippen MR) is 77.3 cm³/mol. The largest absolute Gasteiger partial charge is 0.444 e. The number of amides is 1. The highest BCUT2D eigenvalue weighted by molar-refractivity contribution is 7.92. The number of carbonyl (C=O) groups is 1. The van der Waals surface area contributed by atoms with Gasteiger partial charge in [-0.3, -0.25) is 0 Å². The number of ether oxygens (including phenoxy) is 1. The first-order valence-corrected chi connectivity index (χ1v) is 9.08. The first-order valence-electron chi connectivity index (χ1n) is 7.37. The third-order valence-corrected chi connectivity index (χ3v) is 6.19. The van der Waals surface area contributed by atoms with E-state index in [-0.39, 0.29) is 11.3 Å². The van der Waals surface area contributed by atoms with E-state index in [1.807, 2.05) is 20.8 Å². The highest BCUT2D eigenvalue weighted by Crippen LogP contribution is 2.33. The van der Waals surface area contributed by atoms with Crippen molar-refractivity contribution < 1.29 is 17.9 Å². The Morgan fingerprint density at radius 3 is 2.15 bits per heavy atom. The zero-order chi connectivity index (χ0) is 15.0. The number of rotatable bonds is 3. The van der Waals surface area contributed by atoms with Gasteiger partial charge in [-0.1, -0.05) is 0 Å². The average Bonchev–Trinajstić information content (AvgIpc) is 3.10. The molecular formula is C14H25NO4S. The second-order valence-electron chi connectivity index (χ2n) is 6.94. The van der Waals surface area contributed by atoms with Crippen LogP contribution in [-0.2, 0) is 14.6 Å². The Morgan fingerprint density at radius 1 is 1.15 bits per heavy atom. The van der Waals surface area contributed by atoms with Crippen molar-refractivity contribution in [3.05, 3.63) is 0 Å². The van der Waals surface area contributed by atoms with Crippen molar-refractivity contribution in [3.8, 4) is 0 Å². The Kier molecular flexibility index (Phi) is 4.33. The van der Waals surface area contributed by atoms with Crippen LogP contribution < -0.4 is 0 Å². The van der Waals surface area contributed by atoms with Gasteiger partial charge in [-0.25, -0.2) is 13.2 Å². The number of likely N-dealkylation sites (tertiary alicyclic amines) is 1. The van der Waals surface area contributed by atoms with E-state index < -0.39 is 15.4 Å². The minimum atomic E-state index is -2.98. The number of nitrogens with zero attached hydrogens (tertiary/aromatic N) is 1. The molecule has 0 atom stereocenters. The lowest BCUT2D eigenvalue weighted by atomic mass is 10.1. The molecule has 1 amide bonds. The van der Waals surface area contributed by atoms with E-state index in [4.69, 9.17) is 4.74 Å². The van der Waals surface area contributed by atoms with Crippen molar-refractivity contribution in [3.63, 3.8) is 0 Å². The van der Waals surface area contributed by atoms with Gasteiger partial charge in [0.05, 0.1) is 11.0 Å². The standard InChI is InChI=1S/C14H25NO4S/c1-14(2,3)19-13(16)15-8-6-12(7-9-15)20(17,18)10-11-4-5-11/h11-12H,4-10H2,1-3H3. The van der Waals surface area contributed by atoms with Gasteiger partial charge in [0, 0.05) is 13.1 Å². The van der Waals surface area contributed by atoms with Gasteiger partial charge in [0.1, 0.15) is 5.60 Å². The maximum Gasteiger partial charge on any atom is 0.410 e. The van der Waals surface area contributed by atoms with Crippen molar-refractivity contribution >= 4 is 15.9 Å². The van der Waals surface area contributed by atoms with E-state index in [2.05, 4.69) is 0 Å². The zero-order valence-electron chi connectivity index (χ0n) is 12.6. The molecule has 5 nitrogen and oxygen atoms in total. The maximum atomic E-state index is 12.2. The van der Waals surface area contributed by atoms with Crippen LogP contribution in [0.15, 0.2) is 0 Å². The Hall–Kier alpha value is -0.780. The summed E-state index contributed by atoms with van der Waals surface area (Å²) in [6, 6.07) is 0. The van der Waals surface area contributed by atoms with Crippen LogP contribution >= 0.6 is 0 Å². The molecule has 0 aromatic carbocycles. The van der Waals surface area contributed by atoms with E-state index in [0.29, 0.717) is 37.6 Å². The molecule has 116 valence electrons. The van der Waals surface area contributed by atoms with Crippen molar-refractivity contribution in [2.24, 2.45) is 5.92 Å². The molecule has 1 heterocycles. The number of hydrogen-bond donors (Lipinski definition) is 0. The van der Waals surface area contributed by atoms with Crippen molar-refractivity contribution in [2.45, 2.75) is 57.3 Å². The predicted octanol–water partition coefficient (Wildman–Crippen LogP) is 2.21. The van der Waals surface area contributed by atoms with Crippen LogP contribution in [-0.4, -0.2) is 49.1 Å². The molecule has 1 aliphatic carbocycles. The molecular weight excluding hydrogens is 278 g/mol. The Morgan fingerprint density at radius 2 is 1.70 bits per heavy atom. The van der Waals surface area contributed by atoms with Gasteiger partial charge in [0.2, 0.25) is 0 Å². The molecule has 0 aromatic rings. The zero-order valence-corrected chi connectivity index (χ0v) is 13.4. The van der Waals surface area contributed by atoms with Crippen LogP contribution in [0, 0.1) is 5.92 Å². The third kappa shape index (κ3) is 4.36. The lowest BCUT2D eigenvalue weighted by molar-refractivity contribution is 0.0217. The van der Waals surface area contributed by atoms with Crippen molar-refractivity contribution in [1.29, 1.82) is 0 Å². The molecule has 0 unspecified atom stereocenters. The fraction of sp³-hybridized carbons (Fsp3) is 0.929. The Labute approximate surface area is 121 Å². The van der Waals surface area contributed by atoms with Crippen LogP contribution in [0.2, 0.25) is 0 Å². The molecule has 2 rings (SSSR count). The summed E-state index contributed by atoms with van der Waals surface area (Å²) >= 11 is 0. The summed E-state index contributed by atoms with van der Waals surface area (Å²) in [7, 11) is -2.98. The first-order chi connectivity index (χ1) is 9.17. The molecule has 6 heteroatoms. The third-order valence-electron chi connectivity index (χ3n) is 3.77. The van der Waals surface area contributed by atoms with Gasteiger partial charge in [0.15, 0.2) is 9.84 Å². The minimum absolute atomic E-state index is 0.276. The van der Waals surface area contributed by atoms with Gasteiger partial charge in [-0.15, -0.1) is 0 Å². The number of carbonyl (C=O) groups excluding carboxylic acids is 1. The quantitative estimate of drug-likeness (QED) is 0.802. The van der Waals surface area contributed by atoms with E-state index >= 15 is 0 Å². The lowest BCUT2D eigenvalue weighted by Crippen LogP contribution is -2.45. The molecule has 1 saturated heterocycles. The Balaban J connectivity index is 1.84. The fourth-order valence-electron chi connectivity index (χ4n) is 2.47. The lowest BCUT2D eigenvalue weighted by Gasteiger charge is -2.33. The van der Waals surface area contributed by atoms with E-state index in [1.54, 1.807) is 4.90 Å². The van der Waals surface area contributed by atoms with E-state index in [9.17, 15) is 13.2 Å². The minimum Gasteiger partial charge on any atom is -0.444 e. The summed E-state index contributed by atoms with van der Waals surface area (Å²) in [6.45, 7) is 6.44. The summed E-state index contributed by atoms with van der Waals surface area (Å²) in [5.74, 6) is 0.730. The van der Waals surface area contributed by atoms with Crippen molar-refractivity contribution in [2.75, 3.05) is 18.8 Å². The molecule has 0 radical (unpaired) electrons. The smallest absolute Gasteiger partial charge is 0.410 e. The normalized spacial score (nSPS) is 21.9. The van der Waals surface area contributed by atoms with Gasteiger partial charge in [0.25, 0.3) is 0 Å². The molecule has 0 bridgehead atoms. The van der Waals surface area contributed by atoms with E-state index in [1.165, 1.54) is 0 Å². The average molecular weight is 303 g/mol. The van der Waals surface area contributed by atoms with Crippen LogP contribution in [0.25, 0.3) is 0 Å². The second-order valence-corrected chi connectivity index (χ2v) is 9.27. The molecule has 1 saturated carbocycles. The summed E-state index contributed by atoms with van der Waals surface area (Å²) in [6.07, 6.45) is 2.84. The number of piperidine rings is 1. The SMILES string of the molecule is CC(C)(C)OC(=O)N1CCC(S(=O)(=O)CC2CC2)CC1. The number of sulfone groups is 1. The summed E-state index contributed by atoms with van der Waals surface area (Å²) < 4.78 is 29.7. The molecule has 2 fully saturated rings. The van der Waals surface area contributed by atoms with Gasteiger partial charge < -0.3 is 9.64 Å². The van der Waals surface area contributed by atoms with Crippen LogP contribution in [0.3, 0.4) is 0 Å². The molecule has 0 aromatic heterocycles. The monoisotopic (exact) mass is 303 g/mol. The topological polar surface area (TPSA) is 63.7 Å². The van der Waals surface area contributed by atoms with Crippen LogP contribution in [0.4, 0.5) is 4.79 Å². The highest BCUT2D eigenvalue weighted by atomic mass is 32.2. The van der Waals surface area contributed by atoms with E-state index in [0.717, 1.165) is 12.8 Å². The van der Waals surface area contributed by atoms with Gasteiger partial charge in [-0.05, 0) is 52.4 Å². The fourth-order valence-corrected chi connectivity index (χ4v) is 4.66. The van der Waals surface area contributed by atoms with Crippen LogP contribution in [0.5, 0.6) is 0 Å².